The van der Waals surface area contributed by atoms with E-state index in [1.807, 2.05) is 0 Å². The molecule has 0 saturated carbocycles. The minimum atomic E-state index is -0.189. The summed E-state index contributed by atoms with van der Waals surface area (Å²) in [5.41, 5.74) is -0.200. The molecule has 1 aromatic heterocycles. The van der Waals surface area contributed by atoms with Gasteiger partial charge in [-0.1, -0.05) is 13.8 Å². The Balaban J connectivity index is 2.77. The molecule has 6 heteroatoms. The fourth-order valence-corrected chi connectivity index (χ4v) is 1.56. The van der Waals surface area contributed by atoms with Crippen molar-refractivity contribution in [3.8, 4) is 0 Å². The van der Waals surface area contributed by atoms with Crippen LogP contribution in [0.3, 0.4) is 0 Å². The average molecular weight is 231 g/mol. The summed E-state index contributed by atoms with van der Waals surface area (Å²) in [5.74, 6) is 0. The number of methoxy groups -OCH3 is 1. The number of nitrogens with one attached hydrogen (secondary N) is 2. The number of aromatic nitrogens is 3. The van der Waals surface area contributed by atoms with Crippen LogP contribution in [0.5, 0.6) is 0 Å². The zero-order valence-electron chi connectivity index (χ0n) is 9.29. The third kappa shape index (κ3) is 3.32. The first-order valence-corrected chi connectivity index (χ1v) is 5.23. The van der Waals surface area contributed by atoms with E-state index in [1.165, 1.54) is 4.57 Å². The van der Waals surface area contributed by atoms with Crippen LogP contribution in [-0.2, 0) is 11.3 Å². The smallest absolute Gasteiger partial charge is 0.342 e. The van der Waals surface area contributed by atoms with Crippen molar-refractivity contribution >= 4 is 12.2 Å². The van der Waals surface area contributed by atoms with E-state index in [2.05, 4.69) is 24.0 Å². The van der Waals surface area contributed by atoms with Crippen molar-refractivity contribution in [2.24, 2.45) is 5.41 Å². The lowest BCUT2D eigenvalue weighted by atomic mass is 9.90. The Morgan fingerprint density at radius 3 is 2.60 bits per heavy atom. The first-order chi connectivity index (χ1) is 6.96. The molecule has 0 fully saturated rings. The molecule has 1 heterocycles. The Kier molecular flexibility index (Phi) is 3.87. The molecule has 0 atom stereocenters. The molecule has 0 saturated heterocycles. The molecule has 0 bridgehead atoms. The number of H-pyrrole nitrogens is 2. The van der Waals surface area contributed by atoms with Crippen LogP contribution < -0.4 is 5.69 Å². The molecule has 0 radical (unpaired) electrons. The number of ether oxygens (including phenoxy) is 1. The van der Waals surface area contributed by atoms with Gasteiger partial charge < -0.3 is 4.74 Å². The van der Waals surface area contributed by atoms with E-state index in [-0.39, 0.29) is 11.1 Å². The van der Waals surface area contributed by atoms with Gasteiger partial charge in [-0.25, -0.2) is 9.89 Å². The Labute approximate surface area is 93.4 Å². The molecule has 0 aliphatic heterocycles. The van der Waals surface area contributed by atoms with Crippen LogP contribution in [0.25, 0.3) is 0 Å². The largest absolute Gasteiger partial charge is 0.385 e. The molecule has 0 amide bonds. The van der Waals surface area contributed by atoms with Gasteiger partial charge in [0.15, 0.2) is 4.77 Å². The Bertz CT molecular complexity index is 388. The van der Waals surface area contributed by atoms with Crippen molar-refractivity contribution in [2.45, 2.75) is 26.8 Å². The number of rotatable bonds is 5. The third-order valence-electron chi connectivity index (χ3n) is 2.34. The summed E-state index contributed by atoms with van der Waals surface area (Å²) in [4.78, 5) is 11.4. The minimum Gasteiger partial charge on any atom is -0.385 e. The van der Waals surface area contributed by atoms with Gasteiger partial charge in [0.25, 0.3) is 0 Å². The number of aromatic amines is 2. The standard InChI is InChI=1S/C9H17N3O2S/c1-9(2,4-5-14-3)6-12-7(13)10-11-8(12)15/h4-6H2,1-3H3,(H,10,13)(H,11,15). The van der Waals surface area contributed by atoms with Crippen molar-refractivity contribution < 1.29 is 4.74 Å². The monoisotopic (exact) mass is 231 g/mol. The number of hydrogen-bond donors (Lipinski definition) is 2. The van der Waals surface area contributed by atoms with Crippen molar-refractivity contribution in [1.29, 1.82) is 0 Å². The van der Waals surface area contributed by atoms with Gasteiger partial charge in [0.05, 0.1) is 0 Å². The van der Waals surface area contributed by atoms with E-state index in [0.717, 1.165) is 6.42 Å². The van der Waals surface area contributed by atoms with Crippen LogP contribution in [0.15, 0.2) is 4.79 Å². The van der Waals surface area contributed by atoms with Gasteiger partial charge in [-0.05, 0) is 24.1 Å². The molecule has 2 N–H and O–H groups in total. The van der Waals surface area contributed by atoms with Gasteiger partial charge in [0.1, 0.15) is 0 Å². The maximum Gasteiger partial charge on any atom is 0.342 e. The average Bonchev–Trinajstić information content (AvgIpc) is 2.46. The maximum absolute atomic E-state index is 11.4. The second-order valence-corrected chi connectivity index (χ2v) is 4.74. The number of nitrogens with zero attached hydrogens (tertiary/aromatic N) is 1. The lowest BCUT2D eigenvalue weighted by Gasteiger charge is -2.23. The molecule has 1 aromatic rings. The highest BCUT2D eigenvalue weighted by molar-refractivity contribution is 7.71. The van der Waals surface area contributed by atoms with Crippen molar-refractivity contribution in [1.82, 2.24) is 14.8 Å². The number of hydrogen-bond acceptors (Lipinski definition) is 3. The summed E-state index contributed by atoms with van der Waals surface area (Å²) < 4.78 is 7.00. The van der Waals surface area contributed by atoms with Crippen LogP contribution in [0.4, 0.5) is 0 Å². The summed E-state index contributed by atoms with van der Waals surface area (Å²) in [5, 5.41) is 5.09. The molecule has 0 unspecified atom stereocenters. The van der Waals surface area contributed by atoms with Gasteiger partial charge in [0, 0.05) is 20.3 Å². The van der Waals surface area contributed by atoms with Crippen molar-refractivity contribution in [2.75, 3.05) is 13.7 Å². The lowest BCUT2D eigenvalue weighted by Crippen LogP contribution is -2.28. The molecule has 5 nitrogen and oxygen atoms in total. The minimum absolute atomic E-state index is 0.0105. The maximum atomic E-state index is 11.4. The molecule has 0 spiro atoms. The molecule has 15 heavy (non-hydrogen) atoms. The van der Waals surface area contributed by atoms with Crippen LogP contribution in [-0.4, -0.2) is 28.5 Å². The van der Waals surface area contributed by atoms with E-state index in [9.17, 15) is 4.79 Å². The molecule has 1 rings (SSSR count). The van der Waals surface area contributed by atoms with Crippen LogP contribution in [0.2, 0.25) is 0 Å². The van der Waals surface area contributed by atoms with E-state index in [4.69, 9.17) is 17.0 Å². The summed E-state index contributed by atoms with van der Waals surface area (Å²) in [6.45, 7) is 5.44. The van der Waals surface area contributed by atoms with E-state index in [0.29, 0.717) is 17.9 Å². The first-order valence-electron chi connectivity index (χ1n) is 4.83. The quantitative estimate of drug-likeness (QED) is 0.751. The summed E-state index contributed by atoms with van der Waals surface area (Å²) >= 11 is 5.00. The van der Waals surface area contributed by atoms with Gasteiger partial charge in [-0.2, -0.15) is 0 Å². The van der Waals surface area contributed by atoms with E-state index in [1.54, 1.807) is 7.11 Å². The fraction of sp³-hybridized carbons (Fsp3) is 0.778. The Hall–Kier alpha value is -0.880. The van der Waals surface area contributed by atoms with E-state index >= 15 is 0 Å². The fourth-order valence-electron chi connectivity index (χ4n) is 1.36. The normalized spacial score (nSPS) is 11.9. The molecular weight excluding hydrogens is 214 g/mol. The summed E-state index contributed by atoms with van der Waals surface area (Å²) in [7, 11) is 1.67. The SMILES string of the molecule is COCCC(C)(C)Cn1c(=O)[nH][nH]c1=S. The predicted octanol–water partition coefficient (Wildman–Crippen LogP) is 1.30. The second-order valence-electron chi connectivity index (χ2n) is 4.35. The van der Waals surface area contributed by atoms with Gasteiger partial charge >= 0.3 is 5.69 Å². The van der Waals surface area contributed by atoms with Gasteiger partial charge in [-0.15, -0.1) is 0 Å². The first kappa shape index (κ1) is 12.2. The third-order valence-corrected chi connectivity index (χ3v) is 2.66. The highest BCUT2D eigenvalue weighted by Crippen LogP contribution is 2.21. The molecular formula is C9H17N3O2S. The zero-order valence-corrected chi connectivity index (χ0v) is 10.1. The molecule has 86 valence electrons. The van der Waals surface area contributed by atoms with E-state index < -0.39 is 0 Å². The highest BCUT2D eigenvalue weighted by Gasteiger charge is 2.19. The molecule has 0 aliphatic rings. The van der Waals surface area contributed by atoms with Crippen molar-refractivity contribution in [3.05, 3.63) is 15.3 Å². The molecule has 0 aliphatic carbocycles. The predicted molar refractivity (Wildman–Crippen MR) is 60.5 cm³/mol. The van der Waals surface area contributed by atoms with Crippen molar-refractivity contribution in [3.63, 3.8) is 0 Å². The molecule has 0 aromatic carbocycles. The van der Waals surface area contributed by atoms with Crippen LogP contribution in [0.1, 0.15) is 20.3 Å². The van der Waals surface area contributed by atoms with Crippen LogP contribution >= 0.6 is 12.2 Å². The van der Waals surface area contributed by atoms with Gasteiger partial charge in [0.2, 0.25) is 0 Å². The van der Waals surface area contributed by atoms with Gasteiger partial charge in [-0.3, -0.25) is 9.67 Å². The zero-order chi connectivity index (χ0) is 11.5. The highest BCUT2D eigenvalue weighted by atomic mass is 32.1. The summed E-state index contributed by atoms with van der Waals surface area (Å²) in [6.07, 6.45) is 0.885. The Morgan fingerprint density at radius 1 is 1.47 bits per heavy atom. The second kappa shape index (κ2) is 4.76. The Morgan fingerprint density at radius 2 is 2.13 bits per heavy atom. The topological polar surface area (TPSA) is 62.8 Å². The van der Waals surface area contributed by atoms with Crippen LogP contribution in [0, 0.1) is 10.2 Å². The lowest BCUT2D eigenvalue weighted by molar-refractivity contribution is 0.141. The summed E-state index contributed by atoms with van der Waals surface area (Å²) in [6, 6.07) is 0.